The van der Waals surface area contributed by atoms with Crippen LogP contribution in [0.1, 0.15) is 23.3 Å². The Balaban J connectivity index is 0.00000144. The first kappa shape index (κ1) is 13.4. The van der Waals surface area contributed by atoms with Crippen molar-refractivity contribution in [1.29, 1.82) is 0 Å². The van der Waals surface area contributed by atoms with Crippen LogP contribution in [-0.2, 0) is 4.79 Å². The molecule has 0 aliphatic heterocycles. The summed E-state index contributed by atoms with van der Waals surface area (Å²) in [6, 6.07) is 3.09. The molecule has 92 valence electrons. The Morgan fingerprint density at radius 1 is 1.29 bits per heavy atom. The molecule has 1 aliphatic carbocycles. The summed E-state index contributed by atoms with van der Waals surface area (Å²) >= 11 is 0. The van der Waals surface area contributed by atoms with Gasteiger partial charge in [-0.15, -0.1) is 22.6 Å². The highest BCUT2D eigenvalue weighted by molar-refractivity contribution is 5.94. The average Bonchev–Trinajstić information content (AvgIpc) is 3.13. The Morgan fingerprint density at radius 3 is 2.47 bits per heavy atom. The summed E-state index contributed by atoms with van der Waals surface area (Å²) in [5, 5.41) is 12.5. The van der Waals surface area contributed by atoms with Gasteiger partial charge in [0.05, 0.1) is 0 Å². The lowest BCUT2D eigenvalue weighted by atomic mass is 10.3. The molecule has 0 spiro atoms. The van der Waals surface area contributed by atoms with Crippen molar-refractivity contribution in [3.05, 3.63) is 17.8 Å². The number of carbonyl (C=O) groups excluding carboxylic acids is 2. The number of aromatic nitrogens is 2. The minimum absolute atomic E-state index is 0. The fraction of sp³-hybridized carbons (Fsp3) is 0.400. The van der Waals surface area contributed by atoms with Crippen LogP contribution in [0, 0.1) is 5.92 Å². The molecular weight excluding hydrogens is 244 g/mol. The molecule has 6 nitrogen and oxygen atoms in total. The van der Waals surface area contributed by atoms with E-state index in [9.17, 15) is 9.59 Å². The van der Waals surface area contributed by atoms with Gasteiger partial charge in [0.1, 0.15) is 0 Å². The number of hydrogen-bond acceptors (Lipinski definition) is 4. The Labute approximate surface area is 105 Å². The number of anilines is 1. The van der Waals surface area contributed by atoms with Crippen molar-refractivity contribution in [3.63, 3.8) is 0 Å². The third-order valence-electron chi connectivity index (χ3n) is 2.32. The van der Waals surface area contributed by atoms with Gasteiger partial charge in [0.15, 0.2) is 11.5 Å². The van der Waals surface area contributed by atoms with Crippen LogP contribution in [-0.4, -0.2) is 29.1 Å². The molecule has 0 bridgehead atoms. The van der Waals surface area contributed by atoms with Crippen molar-refractivity contribution in [1.82, 2.24) is 15.5 Å². The molecule has 2 amide bonds. The zero-order valence-corrected chi connectivity index (χ0v) is 10.1. The van der Waals surface area contributed by atoms with Crippen LogP contribution in [0.15, 0.2) is 12.1 Å². The van der Waals surface area contributed by atoms with E-state index in [1.54, 1.807) is 6.07 Å². The van der Waals surface area contributed by atoms with Crippen molar-refractivity contribution in [2.45, 2.75) is 12.8 Å². The molecule has 2 N–H and O–H groups in total. The zero-order chi connectivity index (χ0) is 11.5. The molecule has 0 unspecified atom stereocenters. The molecule has 1 aromatic heterocycles. The highest BCUT2D eigenvalue weighted by Gasteiger charge is 2.29. The maximum Gasteiger partial charge on any atom is 0.271 e. The van der Waals surface area contributed by atoms with Gasteiger partial charge >= 0.3 is 0 Å². The summed E-state index contributed by atoms with van der Waals surface area (Å²) in [5.41, 5.74) is 0.229. The van der Waals surface area contributed by atoms with Gasteiger partial charge in [-0.2, -0.15) is 0 Å². The van der Waals surface area contributed by atoms with Gasteiger partial charge in [-0.25, -0.2) is 0 Å². The van der Waals surface area contributed by atoms with Crippen molar-refractivity contribution >= 4 is 30.0 Å². The second-order valence-corrected chi connectivity index (χ2v) is 3.65. The molecule has 1 heterocycles. The molecule has 2 rings (SSSR count). The third-order valence-corrected chi connectivity index (χ3v) is 2.32. The van der Waals surface area contributed by atoms with E-state index >= 15 is 0 Å². The van der Waals surface area contributed by atoms with Crippen LogP contribution < -0.4 is 10.6 Å². The summed E-state index contributed by atoms with van der Waals surface area (Å²) in [6.07, 6.45) is 1.88. The lowest BCUT2D eigenvalue weighted by molar-refractivity contribution is -0.117. The number of rotatable bonds is 3. The quantitative estimate of drug-likeness (QED) is 0.830. The van der Waals surface area contributed by atoms with E-state index in [0.29, 0.717) is 5.82 Å². The summed E-state index contributed by atoms with van der Waals surface area (Å²) in [6.45, 7) is 0. The molecular formula is C10H13ClN4O2. The number of halogens is 1. The van der Waals surface area contributed by atoms with E-state index < -0.39 is 0 Å². The molecule has 1 aliphatic rings. The van der Waals surface area contributed by atoms with Gasteiger partial charge in [-0.05, 0) is 25.0 Å². The van der Waals surface area contributed by atoms with E-state index in [-0.39, 0.29) is 35.8 Å². The largest absolute Gasteiger partial charge is 0.354 e. The van der Waals surface area contributed by atoms with E-state index in [2.05, 4.69) is 20.8 Å². The van der Waals surface area contributed by atoms with Crippen molar-refractivity contribution in [3.8, 4) is 0 Å². The standard InChI is InChI=1S/C10H12N4O2.ClH/c1-11-10(16)7-4-5-8(14-13-7)12-9(15)6-2-3-6;/h4-6H,2-3H2,1H3,(H,11,16)(H,12,14,15);1H. The van der Waals surface area contributed by atoms with Crippen LogP contribution >= 0.6 is 12.4 Å². The third kappa shape index (κ3) is 3.39. The van der Waals surface area contributed by atoms with Crippen molar-refractivity contribution < 1.29 is 9.59 Å². The van der Waals surface area contributed by atoms with Gasteiger partial charge in [0, 0.05) is 13.0 Å². The van der Waals surface area contributed by atoms with Crippen LogP contribution in [0.5, 0.6) is 0 Å². The predicted molar refractivity (Wildman–Crippen MR) is 64.0 cm³/mol. The fourth-order valence-electron chi connectivity index (χ4n) is 1.22. The Kier molecular flexibility index (Phi) is 4.39. The first-order chi connectivity index (χ1) is 7.70. The second kappa shape index (κ2) is 5.58. The molecule has 0 atom stereocenters. The van der Waals surface area contributed by atoms with Crippen LogP contribution in [0.4, 0.5) is 5.82 Å². The first-order valence-electron chi connectivity index (χ1n) is 5.07. The topological polar surface area (TPSA) is 84.0 Å². The Morgan fingerprint density at radius 2 is 2.00 bits per heavy atom. The van der Waals surface area contributed by atoms with Gasteiger partial charge in [0.25, 0.3) is 5.91 Å². The number of amides is 2. The number of hydrogen-bond donors (Lipinski definition) is 2. The highest BCUT2D eigenvalue weighted by atomic mass is 35.5. The minimum atomic E-state index is -0.299. The maximum atomic E-state index is 11.4. The van der Waals surface area contributed by atoms with Gasteiger partial charge in [0.2, 0.25) is 5.91 Å². The SMILES string of the molecule is CNC(=O)c1ccc(NC(=O)C2CC2)nn1.Cl. The molecule has 0 aromatic carbocycles. The number of carbonyl (C=O) groups is 2. The monoisotopic (exact) mass is 256 g/mol. The van der Waals surface area contributed by atoms with Crippen LogP contribution in [0.2, 0.25) is 0 Å². The van der Waals surface area contributed by atoms with Crippen molar-refractivity contribution in [2.24, 2.45) is 5.92 Å². The lowest BCUT2D eigenvalue weighted by Crippen LogP contribution is -2.20. The lowest BCUT2D eigenvalue weighted by Gasteiger charge is -2.02. The summed E-state index contributed by atoms with van der Waals surface area (Å²) in [7, 11) is 1.52. The smallest absolute Gasteiger partial charge is 0.271 e. The molecule has 1 saturated carbocycles. The summed E-state index contributed by atoms with van der Waals surface area (Å²) in [5.74, 6) is 0.180. The fourth-order valence-corrected chi connectivity index (χ4v) is 1.22. The molecule has 0 radical (unpaired) electrons. The Bertz CT molecular complexity index is 417. The van der Waals surface area contributed by atoms with E-state index in [0.717, 1.165) is 12.8 Å². The van der Waals surface area contributed by atoms with Gasteiger partial charge in [-0.3, -0.25) is 9.59 Å². The number of nitrogens with zero attached hydrogens (tertiary/aromatic N) is 2. The molecule has 1 fully saturated rings. The summed E-state index contributed by atoms with van der Waals surface area (Å²) < 4.78 is 0. The minimum Gasteiger partial charge on any atom is -0.354 e. The summed E-state index contributed by atoms with van der Waals surface area (Å²) in [4.78, 5) is 22.6. The second-order valence-electron chi connectivity index (χ2n) is 3.65. The van der Waals surface area contributed by atoms with E-state index in [4.69, 9.17) is 0 Å². The van der Waals surface area contributed by atoms with E-state index in [1.165, 1.54) is 13.1 Å². The van der Waals surface area contributed by atoms with E-state index in [1.807, 2.05) is 0 Å². The first-order valence-corrected chi connectivity index (χ1v) is 5.07. The average molecular weight is 257 g/mol. The van der Waals surface area contributed by atoms with Gasteiger partial charge in [-0.1, -0.05) is 0 Å². The Hall–Kier alpha value is -1.69. The normalized spacial score (nSPS) is 13.5. The molecule has 1 aromatic rings. The highest BCUT2D eigenvalue weighted by Crippen LogP contribution is 2.29. The molecule has 0 saturated heterocycles. The number of nitrogens with one attached hydrogen (secondary N) is 2. The molecule has 7 heteroatoms. The van der Waals surface area contributed by atoms with Crippen molar-refractivity contribution in [2.75, 3.05) is 12.4 Å². The predicted octanol–water partition coefficient (Wildman–Crippen LogP) is 0.606. The molecule has 17 heavy (non-hydrogen) atoms. The zero-order valence-electron chi connectivity index (χ0n) is 9.27. The van der Waals surface area contributed by atoms with Crippen LogP contribution in [0.3, 0.4) is 0 Å². The van der Waals surface area contributed by atoms with Gasteiger partial charge < -0.3 is 10.6 Å². The maximum absolute atomic E-state index is 11.4. The van der Waals surface area contributed by atoms with Crippen LogP contribution in [0.25, 0.3) is 0 Å².